The van der Waals surface area contributed by atoms with Crippen molar-refractivity contribution in [2.75, 3.05) is 6.54 Å². The van der Waals surface area contributed by atoms with Gasteiger partial charge in [-0.3, -0.25) is 14.4 Å². The third-order valence-corrected chi connectivity index (χ3v) is 6.97. The van der Waals surface area contributed by atoms with Gasteiger partial charge >= 0.3 is 5.97 Å². The molecule has 2 amide bonds. The number of fused-ring (bicyclic) bond motifs is 1. The van der Waals surface area contributed by atoms with E-state index in [1.807, 2.05) is 47.9 Å². The van der Waals surface area contributed by atoms with Crippen LogP contribution in [0.2, 0.25) is 0 Å². The van der Waals surface area contributed by atoms with Crippen LogP contribution in [0, 0.1) is 5.92 Å². The van der Waals surface area contributed by atoms with Crippen LogP contribution in [0.5, 0.6) is 0 Å². The van der Waals surface area contributed by atoms with Gasteiger partial charge in [0.15, 0.2) is 6.10 Å². The van der Waals surface area contributed by atoms with E-state index in [0.29, 0.717) is 19.5 Å². The first kappa shape index (κ1) is 23.9. The number of benzene rings is 1. The summed E-state index contributed by atoms with van der Waals surface area (Å²) < 4.78 is 19.4. The summed E-state index contributed by atoms with van der Waals surface area (Å²) in [5, 5.41) is 4.78. The minimum Gasteiger partial charge on any atom is -0.452 e. The predicted octanol–water partition coefficient (Wildman–Crippen LogP) is 4.24. The van der Waals surface area contributed by atoms with Crippen molar-refractivity contribution in [1.29, 1.82) is 0 Å². The van der Waals surface area contributed by atoms with Gasteiger partial charge in [0.25, 0.3) is 5.91 Å². The number of halogens is 1. The summed E-state index contributed by atoms with van der Waals surface area (Å²) in [7, 11) is 0. The van der Waals surface area contributed by atoms with Crippen LogP contribution in [0.3, 0.4) is 0 Å². The summed E-state index contributed by atoms with van der Waals surface area (Å²) in [6.45, 7) is 1.96. The highest BCUT2D eigenvalue weighted by atomic mass is 32.1. The number of hydrogen-bond acceptors (Lipinski definition) is 5. The number of hydrogen-bond donors (Lipinski definition) is 1. The van der Waals surface area contributed by atoms with Crippen molar-refractivity contribution in [2.45, 2.75) is 44.9 Å². The highest BCUT2D eigenvalue weighted by Gasteiger charge is 2.42. The molecular formula is C26H27FN2O4S. The number of ether oxygens (including phenoxy) is 1. The van der Waals surface area contributed by atoms with Crippen molar-refractivity contribution in [3.63, 3.8) is 0 Å². The van der Waals surface area contributed by atoms with Gasteiger partial charge in [0.2, 0.25) is 5.91 Å². The molecule has 0 saturated heterocycles. The molecule has 8 heteroatoms. The Balaban J connectivity index is 1.49. The van der Waals surface area contributed by atoms with Crippen molar-refractivity contribution in [3.8, 4) is 0 Å². The fourth-order valence-electron chi connectivity index (χ4n) is 4.56. The molecule has 178 valence electrons. The average molecular weight is 483 g/mol. The van der Waals surface area contributed by atoms with E-state index in [1.54, 1.807) is 22.3 Å². The molecule has 3 atom stereocenters. The SMILES string of the molecule is CC(=O)O[C@H](CC(=O)NCCc1cccs1)C(=O)N1Cc2ccccc2[C@@H]1C1C=CC=C(F)C1. The number of rotatable bonds is 8. The summed E-state index contributed by atoms with van der Waals surface area (Å²) in [6.07, 6.45) is 4.34. The van der Waals surface area contributed by atoms with Crippen molar-refractivity contribution < 1.29 is 23.5 Å². The zero-order valence-electron chi connectivity index (χ0n) is 18.9. The fourth-order valence-corrected chi connectivity index (χ4v) is 5.27. The average Bonchev–Trinajstić information content (AvgIpc) is 3.45. The Morgan fingerprint density at radius 3 is 2.79 bits per heavy atom. The zero-order valence-corrected chi connectivity index (χ0v) is 19.7. The van der Waals surface area contributed by atoms with Crippen LogP contribution in [0.25, 0.3) is 0 Å². The molecule has 1 aliphatic carbocycles. The maximum absolute atomic E-state index is 14.1. The monoisotopic (exact) mass is 482 g/mol. The second-order valence-corrected chi connectivity index (χ2v) is 9.49. The lowest BCUT2D eigenvalue weighted by Gasteiger charge is -2.33. The molecule has 0 fully saturated rings. The molecule has 0 saturated carbocycles. The van der Waals surface area contributed by atoms with Crippen molar-refractivity contribution in [2.24, 2.45) is 5.92 Å². The maximum Gasteiger partial charge on any atom is 0.303 e. The van der Waals surface area contributed by atoms with Gasteiger partial charge in [0, 0.05) is 37.2 Å². The van der Waals surface area contributed by atoms with E-state index < -0.39 is 24.0 Å². The Morgan fingerprint density at radius 1 is 1.24 bits per heavy atom. The van der Waals surface area contributed by atoms with Gasteiger partial charge in [-0.15, -0.1) is 11.3 Å². The van der Waals surface area contributed by atoms with Crippen LogP contribution >= 0.6 is 11.3 Å². The highest BCUT2D eigenvalue weighted by Crippen LogP contribution is 2.43. The van der Waals surface area contributed by atoms with E-state index in [9.17, 15) is 18.8 Å². The molecule has 0 bridgehead atoms. The molecule has 1 unspecified atom stereocenters. The number of amides is 2. The number of esters is 1. The van der Waals surface area contributed by atoms with Crippen molar-refractivity contribution >= 4 is 29.1 Å². The molecule has 1 N–H and O–H groups in total. The summed E-state index contributed by atoms with van der Waals surface area (Å²) in [6, 6.07) is 11.2. The molecule has 34 heavy (non-hydrogen) atoms. The van der Waals surface area contributed by atoms with E-state index in [-0.39, 0.29) is 30.5 Å². The lowest BCUT2D eigenvalue weighted by molar-refractivity contribution is -0.162. The van der Waals surface area contributed by atoms with Crippen LogP contribution in [-0.2, 0) is 32.1 Å². The maximum atomic E-state index is 14.1. The van der Waals surface area contributed by atoms with E-state index >= 15 is 0 Å². The standard InChI is InChI=1S/C26H27FN2O4S/c1-17(30)33-23(15-24(31)28-12-11-21-9-5-13-34-21)26(32)29-16-19-6-2-3-10-22(19)25(29)18-7-4-8-20(27)14-18/h2-10,13,18,23,25H,11-12,14-16H2,1H3,(H,28,31)/t18?,23-,25+/m1/s1. The first-order valence-corrected chi connectivity index (χ1v) is 12.2. The lowest BCUT2D eigenvalue weighted by atomic mass is 9.87. The van der Waals surface area contributed by atoms with E-state index in [2.05, 4.69) is 5.32 Å². The number of allylic oxidation sites excluding steroid dienone is 3. The molecule has 6 nitrogen and oxygen atoms in total. The van der Waals surface area contributed by atoms with Gasteiger partial charge < -0.3 is 15.0 Å². The van der Waals surface area contributed by atoms with Crippen LogP contribution in [0.4, 0.5) is 4.39 Å². The van der Waals surface area contributed by atoms with Gasteiger partial charge in [-0.2, -0.15) is 0 Å². The fraction of sp³-hybridized carbons (Fsp3) is 0.346. The Labute approximate surface area is 202 Å². The van der Waals surface area contributed by atoms with Gasteiger partial charge in [-0.1, -0.05) is 42.5 Å². The van der Waals surface area contributed by atoms with Crippen LogP contribution in [0.1, 0.15) is 41.8 Å². The quantitative estimate of drug-likeness (QED) is 0.571. The highest BCUT2D eigenvalue weighted by molar-refractivity contribution is 7.09. The molecule has 4 rings (SSSR count). The summed E-state index contributed by atoms with van der Waals surface area (Å²) >= 11 is 1.61. The summed E-state index contributed by atoms with van der Waals surface area (Å²) in [5.41, 5.74) is 1.91. The zero-order chi connectivity index (χ0) is 24.1. The second kappa shape index (κ2) is 10.8. The molecule has 2 aliphatic rings. The van der Waals surface area contributed by atoms with E-state index in [0.717, 1.165) is 16.0 Å². The van der Waals surface area contributed by atoms with Crippen LogP contribution < -0.4 is 5.32 Å². The molecule has 0 spiro atoms. The van der Waals surface area contributed by atoms with Crippen LogP contribution in [-0.4, -0.2) is 35.3 Å². The van der Waals surface area contributed by atoms with Crippen molar-refractivity contribution in [1.82, 2.24) is 10.2 Å². The third-order valence-electron chi connectivity index (χ3n) is 6.03. The summed E-state index contributed by atoms with van der Waals surface area (Å²) in [5.74, 6) is -1.95. The Hall–Kier alpha value is -3.26. The second-order valence-electron chi connectivity index (χ2n) is 8.46. The largest absolute Gasteiger partial charge is 0.452 e. The Morgan fingerprint density at radius 2 is 2.06 bits per heavy atom. The molecular weight excluding hydrogens is 455 g/mol. The molecule has 1 aromatic heterocycles. The minimum atomic E-state index is -1.25. The first-order valence-electron chi connectivity index (χ1n) is 11.3. The molecule has 1 aromatic carbocycles. The lowest BCUT2D eigenvalue weighted by Crippen LogP contribution is -2.44. The van der Waals surface area contributed by atoms with Gasteiger partial charge in [-0.25, -0.2) is 4.39 Å². The topological polar surface area (TPSA) is 75.7 Å². The Kier molecular flexibility index (Phi) is 7.57. The minimum absolute atomic E-state index is 0.181. The third kappa shape index (κ3) is 5.62. The van der Waals surface area contributed by atoms with Gasteiger partial charge in [0.1, 0.15) is 5.83 Å². The number of nitrogens with one attached hydrogen (secondary N) is 1. The normalized spacial score (nSPS) is 19.8. The number of carbonyl (C=O) groups excluding carboxylic acids is 3. The predicted molar refractivity (Wildman–Crippen MR) is 127 cm³/mol. The van der Waals surface area contributed by atoms with Gasteiger partial charge in [-0.05, 0) is 35.1 Å². The summed E-state index contributed by atoms with van der Waals surface area (Å²) in [4.78, 5) is 40.7. The number of carbonyl (C=O) groups is 3. The number of nitrogens with zero attached hydrogens (tertiary/aromatic N) is 1. The van der Waals surface area contributed by atoms with Crippen LogP contribution in [0.15, 0.2) is 65.8 Å². The molecule has 1 aliphatic heterocycles. The first-order chi connectivity index (χ1) is 16.4. The van der Waals surface area contributed by atoms with E-state index in [1.165, 1.54) is 13.0 Å². The molecule has 2 aromatic rings. The Bertz CT molecular complexity index is 1110. The molecule has 2 heterocycles. The van der Waals surface area contributed by atoms with Crippen molar-refractivity contribution in [3.05, 3.63) is 81.8 Å². The smallest absolute Gasteiger partial charge is 0.303 e. The molecule has 0 radical (unpaired) electrons. The number of thiophene rings is 1. The van der Waals surface area contributed by atoms with E-state index in [4.69, 9.17) is 4.74 Å². The van der Waals surface area contributed by atoms with Gasteiger partial charge in [0.05, 0.1) is 12.5 Å².